The Morgan fingerprint density at radius 3 is 2.44 bits per heavy atom. The van der Waals surface area contributed by atoms with Gasteiger partial charge >= 0.3 is 5.97 Å². The Labute approximate surface area is 117 Å². The highest BCUT2D eigenvalue weighted by Gasteiger charge is 2.16. The summed E-state index contributed by atoms with van der Waals surface area (Å²) in [6.45, 7) is 1.40. The molecule has 0 aromatic heterocycles. The van der Waals surface area contributed by atoms with Gasteiger partial charge in [-0.3, -0.25) is 14.1 Å². The van der Waals surface area contributed by atoms with Crippen LogP contribution in [-0.2, 0) is 14.9 Å². The zero-order valence-electron chi connectivity index (χ0n) is 9.21. The van der Waals surface area contributed by atoms with E-state index in [1.165, 1.54) is 25.1 Å². The maximum Gasteiger partial charge on any atom is 0.329 e. The van der Waals surface area contributed by atoms with Crippen molar-refractivity contribution in [3.63, 3.8) is 0 Å². The first-order valence-corrected chi connectivity index (χ1v) is 7.34. The Bertz CT molecular complexity index is 592. The Balaban J connectivity index is 2.86. The molecule has 0 unspecified atom stereocenters. The molecule has 0 radical (unpaired) electrons. The summed E-state index contributed by atoms with van der Waals surface area (Å²) in [5.41, 5.74) is 0.453. The Kier molecular flexibility index (Phi) is 4.82. The average Bonchev–Trinajstić information content (AvgIpc) is 2.17. The van der Waals surface area contributed by atoms with Crippen LogP contribution in [0.2, 0.25) is 0 Å². The highest BCUT2D eigenvalue weighted by molar-refractivity contribution is 14.1. The Morgan fingerprint density at radius 2 is 2.00 bits per heavy atom. The molecule has 0 heterocycles. The van der Waals surface area contributed by atoms with E-state index in [1.807, 2.05) is 22.6 Å². The van der Waals surface area contributed by atoms with E-state index < -0.39 is 21.8 Å². The number of rotatable bonds is 4. The molecular weight excluding hydrogens is 375 g/mol. The lowest BCUT2D eigenvalue weighted by Crippen LogP contribution is -2.20. The molecular formula is C10H9IO6S. The molecule has 6 nitrogen and oxygen atoms in total. The summed E-state index contributed by atoms with van der Waals surface area (Å²) in [6.07, 6.45) is 0. The van der Waals surface area contributed by atoms with Crippen LogP contribution in [0, 0.1) is 3.57 Å². The first-order chi connectivity index (χ1) is 8.19. The molecule has 0 spiro atoms. The molecule has 98 valence electrons. The number of esters is 1. The van der Waals surface area contributed by atoms with Crippen LogP contribution in [0.5, 0.6) is 5.75 Å². The molecule has 0 aliphatic carbocycles. The van der Waals surface area contributed by atoms with Crippen LogP contribution in [0.4, 0.5) is 0 Å². The van der Waals surface area contributed by atoms with E-state index in [4.69, 9.17) is 9.29 Å². The van der Waals surface area contributed by atoms with E-state index >= 15 is 0 Å². The van der Waals surface area contributed by atoms with Gasteiger partial charge in [-0.25, -0.2) is 0 Å². The average molecular weight is 384 g/mol. The minimum Gasteiger partial charge on any atom is -0.425 e. The zero-order valence-corrected chi connectivity index (χ0v) is 12.2. The largest absolute Gasteiger partial charge is 0.425 e. The second-order valence-electron chi connectivity index (χ2n) is 3.40. The fourth-order valence-electron chi connectivity index (χ4n) is 1.10. The molecule has 0 aliphatic heterocycles. The van der Waals surface area contributed by atoms with E-state index in [-0.39, 0.29) is 11.5 Å². The molecule has 1 aromatic rings. The molecule has 1 rings (SSSR count). The lowest BCUT2D eigenvalue weighted by atomic mass is 10.1. The van der Waals surface area contributed by atoms with E-state index in [0.717, 1.165) is 0 Å². The highest BCUT2D eigenvalue weighted by atomic mass is 127. The first kappa shape index (κ1) is 15.1. The number of hydrogen-bond acceptors (Lipinski definition) is 5. The first-order valence-electron chi connectivity index (χ1n) is 4.65. The second-order valence-corrected chi connectivity index (χ2v) is 6.02. The third-order valence-corrected chi connectivity index (χ3v) is 3.31. The van der Waals surface area contributed by atoms with Crippen LogP contribution in [0.15, 0.2) is 18.2 Å². The van der Waals surface area contributed by atoms with Crippen molar-refractivity contribution in [1.82, 2.24) is 0 Å². The van der Waals surface area contributed by atoms with Crippen LogP contribution in [0.25, 0.3) is 0 Å². The predicted molar refractivity (Wildman–Crippen MR) is 71.2 cm³/mol. The Hall–Kier alpha value is -1.00. The van der Waals surface area contributed by atoms with Crippen molar-refractivity contribution in [2.24, 2.45) is 0 Å². The number of halogens is 1. The number of hydrogen-bond donors (Lipinski definition) is 1. The Morgan fingerprint density at radius 1 is 1.39 bits per heavy atom. The summed E-state index contributed by atoms with van der Waals surface area (Å²) in [5.74, 6) is -2.21. The van der Waals surface area contributed by atoms with Gasteiger partial charge in [0, 0.05) is 5.56 Å². The minimum atomic E-state index is -4.41. The van der Waals surface area contributed by atoms with Gasteiger partial charge in [0.1, 0.15) is 5.75 Å². The monoisotopic (exact) mass is 384 g/mol. The number of Topliss-reactive ketones (excluding diaryl/α,β-unsaturated/α-hetero) is 1. The smallest absolute Gasteiger partial charge is 0.329 e. The third kappa shape index (κ3) is 4.70. The number of ether oxygens (including phenoxy) is 1. The summed E-state index contributed by atoms with van der Waals surface area (Å²) in [6, 6.07) is 4.36. The summed E-state index contributed by atoms with van der Waals surface area (Å²) in [4.78, 5) is 22.3. The van der Waals surface area contributed by atoms with Crippen LogP contribution in [0.1, 0.15) is 17.3 Å². The van der Waals surface area contributed by atoms with Gasteiger partial charge in [-0.1, -0.05) is 0 Å². The molecule has 1 N–H and O–H groups in total. The fraction of sp³-hybridized carbons (Fsp3) is 0.200. The van der Waals surface area contributed by atoms with Gasteiger partial charge in [0.05, 0.1) is 3.57 Å². The van der Waals surface area contributed by atoms with Crippen molar-refractivity contribution in [1.29, 1.82) is 0 Å². The molecule has 0 saturated carbocycles. The van der Waals surface area contributed by atoms with Crippen molar-refractivity contribution in [2.75, 3.05) is 5.75 Å². The quantitative estimate of drug-likeness (QED) is 0.276. The normalized spacial score (nSPS) is 11.1. The second kappa shape index (κ2) is 5.76. The van der Waals surface area contributed by atoms with Gasteiger partial charge in [0.15, 0.2) is 11.5 Å². The molecule has 0 aliphatic rings. The van der Waals surface area contributed by atoms with Gasteiger partial charge in [0.25, 0.3) is 10.1 Å². The summed E-state index contributed by atoms with van der Waals surface area (Å²) in [7, 11) is -4.41. The van der Waals surface area contributed by atoms with Gasteiger partial charge in [-0.05, 0) is 47.7 Å². The van der Waals surface area contributed by atoms with Crippen molar-refractivity contribution in [2.45, 2.75) is 6.92 Å². The van der Waals surface area contributed by atoms with Crippen LogP contribution in [0.3, 0.4) is 0 Å². The standard InChI is InChI=1S/C10H9IO6S/c1-6(12)7-2-3-9(8(11)4-7)17-10(13)5-18(14,15)16/h2-4H,5H2,1H3,(H,14,15,16). The summed E-state index contributed by atoms with van der Waals surface area (Å²) >= 11 is 1.85. The topological polar surface area (TPSA) is 97.7 Å². The predicted octanol–water partition coefficient (Wildman–Crippen LogP) is 1.29. The van der Waals surface area contributed by atoms with Crippen LogP contribution in [-0.4, -0.2) is 30.5 Å². The molecule has 18 heavy (non-hydrogen) atoms. The van der Waals surface area contributed by atoms with E-state index in [0.29, 0.717) is 9.13 Å². The van der Waals surface area contributed by atoms with Gasteiger partial charge in [0.2, 0.25) is 0 Å². The molecule has 8 heteroatoms. The zero-order chi connectivity index (χ0) is 13.9. The SMILES string of the molecule is CC(=O)c1ccc(OC(=O)CS(=O)(=O)O)c(I)c1. The summed E-state index contributed by atoms with van der Waals surface area (Å²) < 4.78 is 34.7. The van der Waals surface area contributed by atoms with Crippen LogP contribution >= 0.6 is 22.6 Å². The maximum atomic E-state index is 11.2. The van der Waals surface area contributed by atoms with Gasteiger partial charge in [-0.15, -0.1) is 0 Å². The number of carbonyl (C=O) groups excluding carboxylic acids is 2. The van der Waals surface area contributed by atoms with Gasteiger partial charge < -0.3 is 4.74 Å². The number of carbonyl (C=O) groups is 2. The lowest BCUT2D eigenvalue weighted by Gasteiger charge is -2.06. The molecule has 0 saturated heterocycles. The van der Waals surface area contributed by atoms with Crippen molar-refractivity contribution in [3.8, 4) is 5.75 Å². The number of ketones is 1. The molecule has 0 amide bonds. The molecule has 0 atom stereocenters. The van der Waals surface area contributed by atoms with Crippen molar-refractivity contribution < 1.29 is 27.3 Å². The molecule has 1 aromatic carbocycles. The fourth-order valence-corrected chi connectivity index (χ4v) is 2.09. The van der Waals surface area contributed by atoms with Gasteiger partial charge in [-0.2, -0.15) is 8.42 Å². The summed E-state index contributed by atoms with van der Waals surface area (Å²) in [5, 5.41) is 0. The molecule has 0 fully saturated rings. The lowest BCUT2D eigenvalue weighted by molar-refractivity contribution is -0.131. The van der Waals surface area contributed by atoms with E-state index in [1.54, 1.807) is 0 Å². The highest BCUT2D eigenvalue weighted by Crippen LogP contribution is 2.22. The minimum absolute atomic E-state index is 0.134. The number of benzene rings is 1. The maximum absolute atomic E-state index is 11.2. The van der Waals surface area contributed by atoms with Crippen molar-refractivity contribution in [3.05, 3.63) is 27.3 Å². The van der Waals surface area contributed by atoms with Crippen LogP contribution < -0.4 is 4.74 Å². The molecule has 0 bridgehead atoms. The van der Waals surface area contributed by atoms with E-state index in [2.05, 4.69) is 0 Å². The third-order valence-electron chi connectivity index (χ3n) is 1.86. The van der Waals surface area contributed by atoms with Crippen molar-refractivity contribution >= 4 is 44.5 Å². The van der Waals surface area contributed by atoms with E-state index in [9.17, 15) is 18.0 Å².